The van der Waals surface area contributed by atoms with Gasteiger partial charge in [-0.15, -0.1) is 0 Å². The fraction of sp³-hybridized carbons (Fsp3) is 0.235. The Balaban J connectivity index is 2.06. The van der Waals surface area contributed by atoms with Gasteiger partial charge in [-0.1, -0.05) is 18.2 Å². The van der Waals surface area contributed by atoms with Gasteiger partial charge < -0.3 is 14.4 Å². The number of benzene rings is 2. The number of ether oxygens (including phenoxy) is 1. The van der Waals surface area contributed by atoms with Gasteiger partial charge in [-0.05, 0) is 36.8 Å². The minimum atomic E-state index is -0.699. The van der Waals surface area contributed by atoms with Crippen LogP contribution in [0.25, 0.3) is 11.0 Å². The van der Waals surface area contributed by atoms with E-state index < -0.39 is 11.9 Å². The number of aliphatic hydroxyl groups is 1. The van der Waals surface area contributed by atoms with Gasteiger partial charge in [0.15, 0.2) is 11.6 Å². The van der Waals surface area contributed by atoms with E-state index >= 15 is 0 Å². The first-order valence-electron chi connectivity index (χ1n) is 7.06. The van der Waals surface area contributed by atoms with Crippen LogP contribution in [0, 0.1) is 5.82 Å². The van der Waals surface area contributed by atoms with Crippen molar-refractivity contribution in [2.24, 2.45) is 0 Å². The summed E-state index contributed by atoms with van der Waals surface area (Å²) in [6.45, 7) is 2.11. The minimum Gasteiger partial charge on any atom is -0.494 e. The van der Waals surface area contributed by atoms with Gasteiger partial charge in [-0.2, -0.15) is 0 Å². The maximum Gasteiger partial charge on any atom is 0.165 e. The molecule has 0 amide bonds. The molecular weight excluding hydrogens is 283 g/mol. The van der Waals surface area contributed by atoms with Crippen molar-refractivity contribution in [1.82, 2.24) is 9.55 Å². The Labute approximate surface area is 127 Å². The van der Waals surface area contributed by atoms with Crippen molar-refractivity contribution >= 4 is 11.0 Å². The summed E-state index contributed by atoms with van der Waals surface area (Å²) in [6.07, 6.45) is -0.699. The number of methoxy groups -OCH3 is 1. The number of para-hydroxylation sites is 2. The lowest BCUT2D eigenvalue weighted by molar-refractivity contribution is 0.185. The maximum absolute atomic E-state index is 13.9. The third-order valence-electron chi connectivity index (χ3n) is 3.61. The number of hydrogen-bond donors (Lipinski definition) is 1. The zero-order valence-corrected chi connectivity index (χ0v) is 12.5. The van der Waals surface area contributed by atoms with Crippen LogP contribution in [0.2, 0.25) is 0 Å². The molecule has 3 aromatic rings. The first kappa shape index (κ1) is 14.5. The molecule has 22 heavy (non-hydrogen) atoms. The molecule has 1 heterocycles. The van der Waals surface area contributed by atoms with Gasteiger partial charge in [-0.3, -0.25) is 0 Å². The van der Waals surface area contributed by atoms with Crippen molar-refractivity contribution in [2.45, 2.75) is 19.6 Å². The van der Waals surface area contributed by atoms with Gasteiger partial charge in [0.05, 0.1) is 18.1 Å². The Kier molecular flexibility index (Phi) is 3.81. The molecule has 0 fully saturated rings. The largest absolute Gasteiger partial charge is 0.494 e. The molecule has 0 aliphatic heterocycles. The second-order valence-corrected chi connectivity index (χ2v) is 5.19. The Morgan fingerprint density at radius 1 is 1.27 bits per heavy atom. The van der Waals surface area contributed by atoms with E-state index in [-0.39, 0.29) is 5.75 Å². The highest BCUT2D eigenvalue weighted by Crippen LogP contribution is 2.24. The van der Waals surface area contributed by atoms with Crippen LogP contribution in [0.5, 0.6) is 5.75 Å². The molecule has 114 valence electrons. The maximum atomic E-state index is 13.9. The number of halogens is 1. The fourth-order valence-corrected chi connectivity index (χ4v) is 2.57. The third kappa shape index (κ3) is 2.55. The Hall–Kier alpha value is -2.40. The van der Waals surface area contributed by atoms with Crippen LogP contribution in [0.3, 0.4) is 0 Å². The normalized spacial score (nSPS) is 12.5. The molecule has 0 bridgehead atoms. The second-order valence-electron chi connectivity index (χ2n) is 5.19. The lowest BCUT2D eigenvalue weighted by Crippen LogP contribution is -2.08. The number of aliphatic hydroxyl groups excluding tert-OH is 1. The van der Waals surface area contributed by atoms with E-state index in [0.29, 0.717) is 12.4 Å². The summed E-state index contributed by atoms with van der Waals surface area (Å²) < 4.78 is 20.7. The highest BCUT2D eigenvalue weighted by Gasteiger charge is 2.15. The van der Waals surface area contributed by atoms with E-state index in [1.807, 2.05) is 34.9 Å². The molecule has 0 aliphatic carbocycles. The second kappa shape index (κ2) is 5.77. The Bertz CT molecular complexity index is 812. The molecule has 0 saturated heterocycles. The van der Waals surface area contributed by atoms with Crippen molar-refractivity contribution in [3.63, 3.8) is 0 Å². The van der Waals surface area contributed by atoms with Gasteiger partial charge in [0.1, 0.15) is 11.9 Å². The van der Waals surface area contributed by atoms with Gasteiger partial charge >= 0.3 is 0 Å². The van der Waals surface area contributed by atoms with E-state index in [4.69, 9.17) is 4.74 Å². The highest BCUT2D eigenvalue weighted by molar-refractivity contribution is 5.76. The number of rotatable bonds is 4. The summed E-state index contributed by atoms with van der Waals surface area (Å²) >= 11 is 0. The zero-order chi connectivity index (χ0) is 15.7. The number of nitrogens with zero attached hydrogens (tertiary/aromatic N) is 2. The molecule has 0 spiro atoms. The van der Waals surface area contributed by atoms with E-state index in [1.165, 1.54) is 13.2 Å². The van der Waals surface area contributed by atoms with Crippen molar-refractivity contribution in [3.05, 3.63) is 59.7 Å². The van der Waals surface area contributed by atoms with Crippen molar-refractivity contribution in [1.29, 1.82) is 0 Å². The van der Waals surface area contributed by atoms with Crippen LogP contribution < -0.4 is 4.74 Å². The topological polar surface area (TPSA) is 47.3 Å². The predicted octanol–water partition coefficient (Wildman–Crippen LogP) is 3.29. The fourth-order valence-electron chi connectivity index (χ4n) is 2.57. The molecule has 1 aromatic heterocycles. The summed E-state index contributed by atoms with van der Waals surface area (Å²) in [7, 11) is 1.44. The lowest BCUT2D eigenvalue weighted by Gasteiger charge is -2.12. The number of fused-ring (bicyclic) bond motifs is 1. The van der Waals surface area contributed by atoms with E-state index in [2.05, 4.69) is 4.98 Å². The first-order chi connectivity index (χ1) is 10.6. The van der Waals surface area contributed by atoms with E-state index in [9.17, 15) is 9.50 Å². The van der Waals surface area contributed by atoms with Gasteiger partial charge in [-0.25, -0.2) is 9.37 Å². The number of aromatic nitrogens is 2. The summed E-state index contributed by atoms with van der Waals surface area (Å²) in [5.74, 6) is 0.385. The molecule has 0 saturated carbocycles. The average molecular weight is 300 g/mol. The molecule has 5 heteroatoms. The lowest BCUT2D eigenvalue weighted by atomic mass is 10.2. The van der Waals surface area contributed by atoms with Crippen molar-refractivity contribution in [3.8, 4) is 5.75 Å². The highest BCUT2D eigenvalue weighted by atomic mass is 19.1. The quantitative estimate of drug-likeness (QED) is 0.804. The summed E-state index contributed by atoms with van der Waals surface area (Å²) in [4.78, 5) is 4.46. The number of imidazole rings is 1. The average Bonchev–Trinajstić information content (AvgIpc) is 2.87. The predicted molar refractivity (Wildman–Crippen MR) is 82.4 cm³/mol. The minimum absolute atomic E-state index is 0.218. The van der Waals surface area contributed by atoms with Crippen LogP contribution in [-0.2, 0) is 6.54 Å². The van der Waals surface area contributed by atoms with Crippen molar-refractivity contribution in [2.75, 3.05) is 7.11 Å². The third-order valence-corrected chi connectivity index (χ3v) is 3.61. The molecule has 3 rings (SSSR count). The first-order valence-corrected chi connectivity index (χ1v) is 7.06. The molecule has 0 aliphatic rings. The van der Waals surface area contributed by atoms with Gasteiger partial charge in [0, 0.05) is 6.54 Å². The molecule has 0 radical (unpaired) electrons. The van der Waals surface area contributed by atoms with Crippen molar-refractivity contribution < 1.29 is 14.2 Å². The van der Waals surface area contributed by atoms with Gasteiger partial charge in [0.25, 0.3) is 0 Å². The van der Waals surface area contributed by atoms with Crippen LogP contribution in [0.1, 0.15) is 24.4 Å². The standard InChI is InChI=1S/C17H17FN2O2/c1-11(21)17-19-14-5-3-4-6-15(14)20(17)10-12-7-8-16(22-2)13(18)9-12/h3-9,11,21H,10H2,1-2H3. The molecule has 1 atom stereocenters. The zero-order valence-electron chi connectivity index (χ0n) is 12.5. The summed E-state index contributed by atoms with van der Waals surface area (Å²) in [5.41, 5.74) is 2.50. The molecule has 2 aromatic carbocycles. The smallest absolute Gasteiger partial charge is 0.165 e. The SMILES string of the molecule is COc1ccc(Cn2c(C(C)O)nc3ccccc32)cc1F. The van der Waals surface area contributed by atoms with E-state index in [0.717, 1.165) is 16.6 Å². The molecule has 1 N–H and O–H groups in total. The van der Waals surface area contributed by atoms with Gasteiger partial charge in [0.2, 0.25) is 0 Å². The molecule has 1 unspecified atom stereocenters. The Morgan fingerprint density at radius 3 is 2.73 bits per heavy atom. The van der Waals surface area contributed by atoms with Crippen LogP contribution >= 0.6 is 0 Å². The van der Waals surface area contributed by atoms with Crippen LogP contribution in [-0.4, -0.2) is 21.8 Å². The number of hydrogen-bond acceptors (Lipinski definition) is 3. The summed E-state index contributed by atoms with van der Waals surface area (Å²) in [6, 6.07) is 12.5. The van der Waals surface area contributed by atoms with Crippen LogP contribution in [0.15, 0.2) is 42.5 Å². The molecular formula is C17H17FN2O2. The Morgan fingerprint density at radius 2 is 2.05 bits per heavy atom. The van der Waals surface area contributed by atoms with E-state index in [1.54, 1.807) is 13.0 Å². The van der Waals surface area contributed by atoms with Crippen LogP contribution in [0.4, 0.5) is 4.39 Å². The summed E-state index contributed by atoms with van der Waals surface area (Å²) in [5, 5.41) is 9.94. The monoisotopic (exact) mass is 300 g/mol. The molecule has 4 nitrogen and oxygen atoms in total.